The Bertz CT molecular complexity index is 559. The van der Waals surface area contributed by atoms with Crippen molar-refractivity contribution in [1.29, 1.82) is 0 Å². The Balaban J connectivity index is 2.47. The van der Waals surface area contributed by atoms with Crippen LogP contribution in [0.25, 0.3) is 0 Å². The second-order valence-corrected chi connectivity index (χ2v) is 12.8. The van der Waals surface area contributed by atoms with Crippen molar-refractivity contribution >= 4 is 62.2 Å². The maximum Gasteiger partial charge on any atom is 0.0613 e. The molecule has 0 aromatic heterocycles. The number of hydrogen-bond donors (Lipinski definition) is 0. The predicted octanol–water partition coefficient (Wildman–Crippen LogP) is 5.48. The van der Waals surface area contributed by atoms with Gasteiger partial charge in [0.1, 0.15) is 0 Å². The molecule has 0 aliphatic rings. The summed E-state index contributed by atoms with van der Waals surface area (Å²) in [5.74, 6) is 1.06. The summed E-state index contributed by atoms with van der Waals surface area (Å²) in [5, 5.41) is 2.02. The van der Waals surface area contributed by atoms with E-state index in [-0.39, 0.29) is 0 Å². The first-order valence-electron chi connectivity index (χ1n) is 6.33. The first-order valence-corrected chi connectivity index (χ1v) is 11.5. The normalized spacial score (nSPS) is 11.6. The maximum atomic E-state index is 6.07. The van der Waals surface area contributed by atoms with E-state index in [1.54, 1.807) is 0 Å². The zero-order valence-electron chi connectivity index (χ0n) is 11.1. The first-order chi connectivity index (χ1) is 9.56. The van der Waals surface area contributed by atoms with Gasteiger partial charge in [-0.25, -0.2) is 0 Å². The lowest BCUT2D eigenvalue weighted by Gasteiger charge is -2.22. The predicted molar refractivity (Wildman–Crippen MR) is 99.2 cm³/mol. The van der Waals surface area contributed by atoms with Crippen molar-refractivity contribution < 1.29 is 0 Å². The van der Waals surface area contributed by atoms with E-state index in [0.717, 1.165) is 22.2 Å². The molecule has 0 saturated carbocycles. The summed E-state index contributed by atoms with van der Waals surface area (Å²) in [5.41, 5.74) is 0. The van der Waals surface area contributed by atoms with Crippen LogP contribution in [0.1, 0.15) is 13.3 Å². The highest BCUT2D eigenvalue weighted by Crippen LogP contribution is 2.57. The van der Waals surface area contributed by atoms with E-state index in [4.69, 9.17) is 35.0 Å². The van der Waals surface area contributed by atoms with Crippen LogP contribution < -0.4 is 10.6 Å². The molecule has 0 spiro atoms. The summed E-state index contributed by atoms with van der Waals surface area (Å²) < 4.78 is 0. The molecule has 2 aromatic carbocycles. The summed E-state index contributed by atoms with van der Waals surface area (Å²) in [6.45, 7) is 2.18. The van der Waals surface area contributed by atoms with Crippen molar-refractivity contribution in [3.8, 4) is 0 Å². The van der Waals surface area contributed by atoms with Gasteiger partial charge in [0.25, 0.3) is 0 Å². The van der Waals surface area contributed by atoms with Gasteiger partial charge in [0.05, 0.1) is 5.24 Å². The Morgan fingerprint density at radius 2 is 1.30 bits per heavy atom. The minimum absolute atomic E-state index is 0.742. The third-order valence-corrected chi connectivity index (χ3v) is 11.3. The van der Waals surface area contributed by atoms with Gasteiger partial charge in [-0.3, -0.25) is 0 Å². The molecule has 0 radical (unpaired) electrons. The van der Waals surface area contributed by atoms with Crippen LogP contribution in [0.2, 0.25) is 10.0 Å². The first kappa shape index (κ1) is 16.4. The van der Waals surface area contributed by atoms with Gasteiger partial charge in [-0.2, -0.15) is 0 Å². The molecule has 0 bridgehead atoms. The molecule has 106 valence electrons. The van der Waals surface area contributed by atoms with Crippen molar-refractivity contribution in [2.45, 2.75) is 13.3 Å². The molecular formula is C15H15Cl2PS2. The Morgan fingerprint density at radius 3 is 1.65 bits per heavy atom. The van der Waals surface area contributed by atoms with Gasteiger partial charge in [0, 0.05) is 10.0 Å². The highest BCUT2D eigenvalue weighted by molar-refractivity contribution is 8.75. The van der Waals surface area contributed by atoms with Gasteiger partial charge in [-0.15, -0.1) is 11.4 Å². The van der Waals surface area contributed by atoms with Crippen LogP contribution in [0.4, 0.5) is 0 Å². The molecule has 0 fully saturated rings. The molecule has 0 amide bonds. The number of rotatable bonds is 5. The van der Waals surface area contributed by atoms with Crippen LogP contribution in [0.15, 0.2) is 48.5 Å². The van der Waals surface area contributed by atoms with Gasteiger partial charge in [0.2, 0.25) is 0 Å². The molecule has 2 aromatic rings. The summed E-state index contributed by atoms with van der Waals surface area (Å²) in [6, 6.07) is 15.9. The van der Waals surface area contributed by atoms with Crippen molar-refractivity contribution in [2.75, 3.05) is 5.75 Å². The van der Waals surface area contributed by atoms with Crippen LogP contribution in [0.3, 0.4) is 0 Å². The molecule has 0 aliphatic carbocycles. The van der Waals surface area contributed by atoms with Crippen LogP contribution >= 0.6 is 39.8 Å². The summed E-state index contributed by atoms with van der Waals surface area (Å²) in [4.78, 5) is 0. The fraction of sp³-hybridized carbons (Fsp3) is 0.200. The lowest BCUT2D eigenvalue weighted by atomic mass is 10.4. The van der Waals surface area contributed by atoms with E-state index in [1.807, 2.05) is 35.6 Å². The van der Waals surface area contributed by atoms with Gasteiger partial charge in [0.15, 0.2) is 0 Å². The molecule has 20 heavy (non-hydrogen) atoms. The third kappa shape index (κ3) is 3.81. The molecule has 0 atom stereocenters. The fourth-order valence-corrected chi connectivity index (χ4v) is 8.51. The average Bonchev–Trinajstić information content (AvgIpc) is 2.46. The Kier molecular flexibility index (Phi) is 6.01. The number of benzene rings is 2. The second-order valence-electron chi connectivity index (χ2n) is 4.34. The largest absolute Gasteiger partial charge is 0.115 e. The van der Waals surface area contributed by atoms with Crippen LogP contribution in [0.5, 0.6) is 0 Å². The molecule has 5 heteroatoms. The molecule has 0 saturated heterocycles. The van der Waals surface area contributed by atoms with E-state index in [1.165, 1.54) is 10.6 Å². The standard InChI is InChI=1S/C15H15Cl2PS2/c1-2-11-20-18(19,14-7-3-12(16)4-8-14)15-9-5-13(17)6-10-15/h3-10H,2,11H2,1H3. The lowest BCUT2D eigenvalue weighted by Crippen LogP contribution is -2.13. The third-order valence-electron chi connectivity index (χ3n) is 2.81. The number of halogens is 2. The van der Waals surface area contributed by atoms with Gasteiger partial charge >= 0.3 is 0 Å². The Morgan fingerprint density at radius 1 is 0.900 bits per heavy atom. The van der Waals surface area contributed by atoms with Gasteiger partial charge in [-0.1, -0.05) is 66.2 Å². The zero-order valence-corrected chi connectivity index (χ0v) is 15.1. The quantitative estimate of drug-likeness (QED) is 0.647. The highest BCUT2D eigenvalue weighted by atomic mass is 35.5. The number of hydrogen-bond acceptors (Lipinski definition) is 2. The SMILES string of the molecule is CCCSP(=S)(c1ccc(Cl)cc1)c1ccc(Cl)cc1. The molecule has 2 rings (SSSR count). The van der Waals surface area contributed by atoms with Crippen molar-refractivity contribution in [3.05, 3.63) is 58.6 Å². The molecule has 0 N–H and O–H groups in total. The van der Waals surface area contributed by atoms with E-state index in [2.05, 4.69) is 31.2 Å². The topological polar surface area (TPSA) is 0 Å². The van der Waals surface area contributed by atoms with Gasteiger partial charge < -0.3 is 0 Å². The highest BCUT2D eigenvalue weighted by Gasteiger charge is 2.22. The summed E-state index contributed by atoms with van der Waals surface area (Å²) >= 11 is 19.9. The summed E-state index contributed by atoms with van der Waals surface area (Å²) in [7, 11) is 0. The molecular weight excluding hydrogens is 346 g/mol. The van der Waals surface area contributed by atoms with E-state index in [0.29, 0.717) is 0 Å². The monoisotopic (exact) mass is 360 g/mol. The van der Waals surface area contributed by atoms with Crippen LogP contribution in [-0.2, 0) is 11.8 Å². The maximum absolute atomic E-state index is 6.07. The van der Waals surface area contributed by atoms with Crippen LogP contribution in [-0.4, -0.2) is 5.75 Å². The lowest BCUT2D eigenvalue weighted by molar-refractivity contribution is 1.11. The Labute approximate surface area is 139 Å². The average molecular weight is 361 g/mol. The van der Waals surface area contributed by atoms with E-state index < -0.39 is 5.24 Å². The second kappa shape index (κ2) is 7.33. The smallest absolute Gasteiger partial charge is 0.0613 e. The van der Waals surface area contributed by atoms with Gasteiger partial charge in [-0.05, 0) is 47.0 Å². The molecule has 0 unspecified atom stereocenters. The molecule has 0 aliphatic heterocycles. The fourth-order valence-electron chi connectivity index (χ4n) is 1.79. The van der Waals surface area contributed by atoms with E-state index in [9.17, 15) is 0 Å². The minimum Gasteiger partial charge on any atom is -0.115 e. The molecule has 0 heterocycles. The molecule has 0 nitrogen and oxygen atoms in total. The van der Waals surface area contributed by atoms with E-state index >= 15 is 0 Å². The van der Waals surface area contributed by atoms with Crippen molar-refractivity contribution in [2.24, 2.45) is 0 Å². The van der Waals surface area contributed by atoms with Crippen molar-refractivity contribution in [3.63, 3.8) is 0 Å². The van der Waals surface area contributed by atoms with Crippen molar-refractivity contribution in [1.82, 2.24) is 0 Å². The summed E-state index contributed by atoms with van der Waals surface area (Å²) in [6.07, 6.45) is 1.12. The minimum atomic E-state index is -1.85. The van der Waals surface area contributed by atoms with Crippen LogP contribution in [0, 0.1) is 0 Å². The zero-order chi connectivity index (χ0) is 14.6. The Hall–Kier alpha value is 0.0200.